The molecule has 0 bridgehead atoms. The highest BCUT2D eigenvalue weighted by Crippen LogP contribution is 2.39. The van der Waals surface area contributed by atoms with Crippen molar-refractivity contribution in [3.8, 4) is 5.00 Å². The third kappa shape index (κ3) is 6.83. The molecule has 0 atom stereocenters. The molecule has 0 unspecified atom stereocenters. The molecule has 0 saturated heterocycles. The largest absolute Gasteiger partial charge is 0.462 e. The number of halogens is 3. The second kappa shape index (κ2) is 12.7. The van der Waals surface area contributed by atoms with E-state index in [0.29, 0.717) is 23.0 Å². The van der Waals surface area contributed by atoms with Crippen molar-refractivity contribution in [2.24, 2.45) is 5.10 Å². The molecule has 0 fully saturated rings. The Kier molecular flexibility index (Phi) is 9.02. The van der Waals surface area contributed by atoms with E-state index in [1.165, 1.54) is 28.3 Å². The summed E-state index contributed by atoms with van der Waals surface area (Å²) in [5, 5.41) is 9.87. The van der Waals surface area contributed by atoms with Crippen LogP contribution in [-0.4, -0.2) is 34.2 Å². The highest BCUT2D eigenvalue weighted by molar-refractivity contribution is 7.15. The first-order valence-corrected chi connectivity index (χ1v) is 15.5. The number of rotatable bonds is 9. The third-order valence-electron chi connectivity index (χ3n) is 7.03. The fourth-order valence-corrected chi connectivity index (χ4v) is 7.29. The number of amides is 1. The predicted molar refractivity (Wildman–Crippen MR) is 162 cm³/mol. The van der Waals surface area contributed by atoms with Gasteiger partial charge in [0.15, 0.2) is 5.13 Å². The third-order valence-corrected chi connectivity index (χ3v) is 9.12. The lowest BCUT2D eigenvalue weighted by Crippen LogP contribution is -2.20. The summed E-state index contributed by atoms with van der Waals surface area (Å²) in [7, 11) is 0. The number of benzene rings is 1. The molecule has 43 heavy (non-hydrogen) atoms. The maximum absolute atomic E-state index is 13.0. The van der Waals surface area contributed by atoms with Crippen molar-refractivity contribution < 1.29 is 27.5 Å². The molecule has 0 aliphatic heterocycles. The smallest absolute Gasteiger partial charge is 0.416 e. The van der Waals surface area contributed by atoms with E-state index in [4.69, 9.17) is 4.74 Å². The molecule has 1 aliphatic carbocycles. The number of aromatic nitrogens is 2. The molecule has 3 aromatic heterocycles. The molecule has 5 rings (SSSR count). The zero-order valence-electron chi connectivity index (χ0n) is 23.8. The minimum atomic E-state index is -4.45. The van der Waals surface area contributed by atoms with E-state index >= 15 is 0 Å². The predicted octanol–water partition coefficient (Wildman–Crippen LogP) is 7.12. The molecule has 1 aromatic carbocycles. The monoisotopic (exact) mass is 629 g/mol. The number of hydrogen-bond acceptors (Lipinski definition) is 8. The van der Waals surface area contributed by atoms with Crippen molar-refractivity contribution in [1.29, 1.82) is 0 Å². The number of carbonyl (C=O) groups is 2. The standard InChI is InChI=1S/C30H30F3N5O3S2/c1-4-41-28(40)26-23-10-5-6-11-24(23)43-27(26)38-17(2)12-19(18(38)3)15-34-37-25(39)14-22-16-42-29(36-22)35-21-9-7-8-20(13-21)30(31,32)33/h7-9,12-13,15-16H,4-6,10-11,14H2,1-3H3,(H,35,36)(H,37,39)/b34-15-. The number of nitrogens with zero attached hydrogens (tertiary/aromatic N) is 3. The highest BCUT2D eigenvalue weighted by atomic mass is 32.1. The average molecular weight is 630 g/mol. The fourth-order valence-electron chi connectivity index (χ4n) is 5.07. The van der Waals surface area contributed by atoms with Crippen molar-refractivity contribution in [2.45, 2.75) is 59.1 Å². The van der Waals surface area contributed by atoms with Crippen LogP contribution >= 0.6 is 22.7 Å². The summed E-state index contributed by atoms with van der Waals surface area (Å²) in [6, 6.07) is 6.78. The average Bonchev–Trinajstić information content (AvgIpc) is 3.63. The van der Waals surface area contributed by atoms with Crippen molar-refractivity contribution >= 4 is 51.6 Å². The van der Waals surface area contributed by atoms with Gasteiger partial charge in [0.05, 0.1) is 36.1 Å². The first-order chi connectivity index (χ1) is 20.5. The van der Waals surface area contributed by atoms with Crippen LogP contribution in [0.3, 0.4) is 0 Å². The molecule has 2 N–H and O–H groups in total. The van der Waals surface area contributed by atoms with Crippen LogP contribution in [0.2, 0.25) is 0 Å². The number of nitrogens with one attached hydrogen (secondary N) is 2. The van der Waals surface area contributed by atoms with Crippen molar-refractivity contribution in [2.75, 3.05) is 11.9 Å². The van der Waals surface area contributed by atoms with E-state index in [1.54, 1.807) is 29.9 Å². The van der Waals surface area contributed by atoms with Crippen LogP contribution in [0.15, 0.2) is 40.8 Å². The number of ether oxygens (including phenoxy) is 1. The van der Waals surface area contributed by atoms with Gasteiger partial charge < -0.3 is 14.6 Å². The number of hydrogen-bond donors (Lipinski definition) is 2. The van der Waals surface area contributed by atoms with Crippen molar-refractivity contribution in [1.82, 2.24) is 15.0 Å². The number of hydrazone groups is 1. The summed E-state index contributed by atoms with van der Waals surface area (Å²) >= 11 is 2.82. The van der Waals surface area contributed by atoms with Gasteiger partial charge in [-0.25, -0.2) is 15.2 Å². The van der Waals surface area contributed by atoms with E-state index in [0.717, 1.165) is 65.3 Å². The Morgan fingerprint density at radius 1 is 1.19 bits per heavy atom. The molecule has 0 radical (unpaired) electrons. The summed E-state index contributed by atoms with van der Waals surface area (Å²) < 4.78 is 46.4. The number of anilines is 2. The summed E-state index contributed by atoms with van der Waals surface area (Å²) in [5.74, 6) is -0.696. The van der Waals surface area contributed by atoms with Crippen LogP contribution in [0, 0.1) is 13.8 Å². The number of fused-ring (bicyclic) bond motifs is 1. The number of carbonyl (C=O) groups excluding carboxylic acids is 2. The van der Waals surface area contributed by atoms with Gasteiger partial charge in [0.1, 0.15) is 5.00 Å². The summed E-state index contributed by atoms with van der Waals surface area (Å²) in [6.45, 7) is 6.01. The van der Waals surface area contributed by atoms with Gasteiger partial charge in [-0.2, -0.15) is 18.3 Å². The van der Waals surface area contributed by atoms with Crippen LogP contribution in [0.5, 0.6) is 0 Å². The Balaban J connectivity index is 1.25. The van der Waals surface area contributed by atoms with Gasteiger partial charge in [-0.1, -0.05) is 6.07 Å². The van der Waals surface area contributed by atoms with Crippen molar-refractivity contribution in [3.05, 3.63) is 79.9 Å². The molecule has 4 aromatic rings. The van der Waals surface area contributed by atoms with E-state index < -0.39 is 17.6 Å². The molecule has 13 heteroatoms. The van der Waals surface area contributed by atoms with Gasteiger partial charge in [0.2, 0.25) is 5.91 Å². The molecule has 0 spiro atoms. The Hall–Kier alpha value is -3.97. The van der Waals surface area contributed by atoms with Crippen LogP contribution in [0.1, 0.15) is 68.8 Å². The lowest BCUT2D eigenvalue weighted by Gasteiger charge is -2.13. The first kappa shape index (κ1) is 30.5. The Morgan fingerprint density at radius 2 is 1.98 bits per heavy atom. The van der Waals surface area contributed by atoms with Crippen LogP contribution in [0.4, 0.5) is 24.0 Å². The van der Waals surface area contributed by atoms with E-state index in [2.05, 4.69) is 20.8 Å². The SMILES string of the molecule is CCOC(=O)c1c(-n2c(C)cc(/C=N\NC(=O)Cc3csc(Nc4cccc(C(F)(F)F)c4)n3)c2C)sc2c1CCCC2. The molecule has 1 aliphatic rings. The maximum atomic E-state index is 13.0. The Morgan fingerprint density at radius 3 is 2.74 bits per heavy atom. The van der Waals surface area contributed by atoms with Gasteiger partial charge in [0.25, 0.3) is 0 Å². The van der Waals surface area contributed by atoms with Gasteiger partial charge in [-0.15, -0.1) is 22.7 Å². The van der Waals surface area contributed by atoms with Crippen LogP contribution in [-0.2, 0) is 35.0 Å². The van der Waals surface area contributed by atoms with E-state index in [-0.39, 0.29) is 18.1 Å². The van der Waals surface area contributed by atoms with Crippen molar-refractivity contribution in [3.63, 3.8) is 0 Å². The van der Waals surface area contributed by atoms with Gasteiger partial charge in [-0.3, -0.25) is 4.79 Å². The first-order valence-electron chi connectivity index (χ1n) is 13.8. The second-order valence-electron chi connectivity index (χ2n) is 10.1. The number of thiazole rings is 1. The molecule has 226 valence electrons. The quantitative estimate of drug-likeness (QED) is 0.117. The lowest BCUT2D eigenvalue weighted by atomic mass is 9.95. The van der Waals surface area contributed by atoms with Crippen LogP contribution < -0.4 is 10.7 Å². The molecule has 3 heterocycles. The normalized spacial score (nSPS) is 13.3. The molecular weight excluding hydrogens is 599 g/mol. The number of alkyl halides is 3. The van der Waals surface area contributed by atoms with Gasteiger partial charge in [0, 0.05) is 32.9 Å². The molecule has 0 saturated carbocycles. The van der Waals surface area contributed by atoms with E-state index in [9.17, 15) is 22.8 Å². The zero-order valence-corrected chi connectivity index (χ0v) is 25.4. The minimum Gasteiger partial charge on any atom is -0.462 e. The topological polar surface area (TPSA) is 97.6 Å². The highest BCUT2D eigenvalue weighted by Gasteiger charge is 2.31. The number of thiophene rings is 1. The lowest BCUT2D eigenvalue weighted by molar-refractivity contribution is -0.137. The number of esters is 1. The fraction of sp³-hybridized carbons (Fsp3) is 0.333. The van der Waals surface area contributed by atoms with Gasteiger partial charge in [-0.05, 0) is 76.3 Å². The second-order valence-corrected chi connectivity index (χ2v) is 12.0. The summed E-state index contributed by atoms with van der Waals surface area (Å²) in [5.41, 5.74) is 6.79. The van der Waals surface area contributed by atoms with Gasteiger partial charge >= 0.3 is 12.1 Å². The molecule has 1 amide bonds. The Labute approximate surface area is 254 Å². The molecule has 8 nitrogen and oxygen atoms in total. The maximum Gasteiger partial charge on any atom is 0.416 e. The van der Waals surface area contributed by atoms with E-state index in [1.807, 2.05) is 24.5 Å². The molecular formula is C30H30F3N5O3S2. The minimum absolute atomic E-state index is 0.0548. The zero-order chi connectivity index (χ0) is 30.7. The number of aryl methyl sites for hydroxylation is 2. The summed E-state index contributed by atoms with van der Waals surface area (Å²) in [4.78, 5) is 31.1. The van der Waals surface area contributed by atoms with Crippen LogP contribution in [0.25, 0.3) is 5.00 Å². The summed E-state index contributed by atoms with van der Waals surface area (Å²) in [6.07, 6.45) is 1.03. The Bertz CT molecular complexity index is 1690.